The van der Waals surface area contributed by atoms with Crippen LogP contribution in [0, 0.1) is 0 Å². The third-order valence-electron chi connectivity index (χ3n) is 12.4. The predicted molar refractivity (Wildman–Crippen MR) is 262 cm³/mol. The summed E-state index contributed by atoms with van der Waals surface area (Å²) in [5.41, 5.74) is 17.7. The molecule has 298 valence electrons. The van der Waals surface area contributed by atoms with E-state index in [1.54, 1.807) is 0 Å². The van der Waals surface area contributed by atoms with Crippen LogP contribution in [0.25, 0.3) is 33.5 Å². The SMILES string of the molecule is c1ccc(-c2ccc(N(c3ccc(-c4ccccn4)cc3)c3cccc(-c4ccc5c(c4)N(c4ccccc4)c4ccccc4C5(c4ccccc4)c4ccccc4)c3)cc2)cc1. The minimum absolute atomic E-state index is 0.565. The molecule has 9 aromatic carbocycles. The van der Waals surface area contributed by atoms with Crippen LogP contribution in [-0.4, -0.2) is 4.98 Å². The largest absolute Gasteiger partial charge is 0.310 e. The number of anilines is 6. The molecule has 0 fully saturated rings. The molecule has 1 aliphatic heterocycles. The first kappa shape index (κ1) is 37.7. The van der Waals surface area contributed by atoms with Gasteiger partial charge in [-0.05, 0) is 117 Å². The van der Waals surface area contributed by atoms with Crippen molar-refractivity contribution in [3.05, 3.63) is 283 Å². The number of hydrogen-bond acceptors (Lipinski definition) is 3. The summed E-state index contributed by atoms with van der Waals surface area (Å²) < 4.78 is 0. The summed E-state index contributed by atoms with van der Waals surface area (Å²) in [5, 5.41) is 0. The molecule has 2 heterocycles. The van der Waals surface area contributed by atoms with E-state index in [2.05, 4.69) is 257 Å². The lowest BCUT2D eigenvalue weighted by Crippen LogP contribution is -2.37. The molecule has 63 heavy (non-hydrogen) atoms. The van der Waals surface area contributed by atoms with E-state index >= 15 is 0 Å². The Morgan fingerprint density at radius 1 is 0.333 bits per heavy atom. The molecule has 3 nitrogen and oxygen atoms in total. The maximum absolute atomic E-state index is 4.62. The van der Waals surface area contributed by atoms with Crippen LogP contribution >= 0.6 is 0 Å². The van der Waals surface area contributed by atoms with Crippen LogP contribution < -0.4 is 9.80 Å². The maximum Gasteiger partial charge on any atom is 0.0742 e. The highest BCUT2D eigenvalue weighted by molar-refractivity contribution is 5.92. The third-order valence-corrected chi connectivity index (χ3v) is 12.4. The Kier molecular flexibility index (Phi) is 9.76. The van der Waals surface area contributed by atoms with E-state index in [1.165, 1.54) is 33.4 Å². The molecule has 1 aromatic heterocycles. The van der Waals surface area contributed by atoms with Crippen LogP contribution in [0.1, 0.15) is 22.3 Å². The lowest BCUT2D eigenvalue weighted by Gasteiger charge is -2.46. The number of benzene rings is 9. The Balaban J connectivity index is 1.08. The van der Waals surface area contributed by atoms with Crippen LogP contribution in [0.3, 0.4) is 0 Å². The molecule has 1 aliphatic rings. The minimum Gasteiger partial charge on any atom is -0.310 e. The second-order valence-electron chi connectivity index (χ2n) is 16.0. The maximum atomic E-state index is 4.62. The van der Waals surface area contributed by atoms with Crippen molar-refractivity contribution in [1.29, 1.82) is 0 Å². The molecule has 11 rings (SSSR count). The number of para-hydroxylation sites is 2. The number of nitrogens with zero attached hydrogens (tertiary/aromatic N) is 3. The molecule has 0 aliphatic carbocycles. The highest BCUT2D eigenvalue weighted by Crippen LogP contribution is 2.58. The second kappa shape index (κ2) is 16.3. The lowest BCUT2D eigenvalue weighted by atomic mass is 9.62. The Morgan fingerprint density at radius 3 is 1.49 bits per heavy atom. The molecule has 10 aromatic rings. The van der Waals surface area contributed by atoms with Gasteiger partial charge in [-0.15, -0.1) is 0 Å². The monoisotopic (exact) mass is 805 g/mol. The number of pyridine rings is 1. The van der Waals surface area contributed by atoms with E-state index in [-0.39, 0.29) is 0 Å². The Bertz CT molecular complexity index is 3010. The first-order valence-electron chi connectivity index (χ1n) is 21.5. The van der Waals surface area contributed by atoms with Gasteiger partial charge in [0.25, 0.3) is 0 Å². The average Bonchev–Trinajstić information content (AvgIpc) is 3.37. The van der Waals surface area contributed by atoms with E-state index < -0.39 is 5.41 Å². The molecule has 0 spiro atoms. The fourth-order valence-electron chi connectivity index (χ4n) is 9.51. The summed E-state index contributed by atoms with van der Waals surface area (Å²) in [4.78, 5) is 9.42. The molecule has 0 N–H and O–H groups in total. The first-order chi connectivity index (χ1) is 31.3. The molecule has 0 atom stereocenters. The van der Waals surface area contributed by atoms with E-state index in [0.717, 1.165) is 56.5 Å². The summed E-state index contributed by atoms with van der Waals surface area (Å²) in [6.07, 6.45) is 1.84. The van der Waals surface area contributed by atoms with Gasteiger partial charge in [-0.3, -0.25) is 4.98 Å². The topological polar surface area (TPSA) is 19.4 Å². The van der Waals surface area contributed by atoms with E-state index in [0.29, 0.717) is 0 Å². The van der Waals surface area contributed by atoms with Gasteiger partial charge in [0.1, 0.15) is 0 Å². The van der Waals surface area contributed by atoms with Crippen molar-refractivity contribution in [3.8, 4) is 33.5 Å². The molecule has 0 saturated carbocycles. The van der Waals surface area contributed by atoms with Crippen LogP contribution in [0.2, 0.25) is 0 Å². The second-order valence-corrected chi connectivity index (χ2v) is 16.0. The summed E-state index contributed by atoms with van der Waals surface area (Å²) >= 11 is 0. The Hall–Kier alpha value is -8.27. The van der Waals surface area contributed by atoms with Crippen LogP contribution in [0.4, 0.5) is 34.1 Å². The van der Waals surface area contributed by atoms with Crippen LogP contribution in [0.5, 0.6) is 0 Å². The summed E-state index contributed by atoms with van der Waals surface area (Å²) in [6.45, 7) is 0. The van der Waals surface area contributed by atoms with Gasteiger partial charge in [-0.25, -0.2) is 0 Å². The number of hydrogen-bond donors (Lipinski definition) is 0. The zero-order valence-corrected chi connectivity index (χ0v) is 34.7. The Morgan fingerprint density at radius 2 is 0.841 bits per heavy atom. The quantitative estimate of drug-likeness (QED) is 0.145. The molecule has 0 radical (unpaired) electrons. The average molecular weight is 806 g/mol. The zero-order valence-electron chi connectivity index (χ0n) is 34.7. The predicted octanol–water partition coefficient (Wildman–Crippen LogP) is 15.7. The van der Waals surface area contributed by atoms with Crippen molar-refractivity contribution in [1.82, 2.24) is 4.98 Å². The molecular formula is C60H43N3. The van der Waals surface area contributed by atoms with E-state index in [4.69, 9.17) is 0 Å². The summed E-state index contributed by atoms with van der Waals surface area (Å²) in [6, 6.07) is 92.0. The minimum atomic E-state index is -0.565. The highest BCUT2D eigenvalue weighted by Gasteiger charge is 2.46. The van der Waals surface area contributed by atoms with Crippen LogP contribution in [0.15, 0.2) is 261 Å². The fourth-order valence-corrected chi connectivity index (χ4v) is 9.51. The molecule has 0 bridgehead atoms. The molecule has 0 unspecified atom stereocenters. The standard InChI is InChI=1S/C60H43N3/c1-5-18-44(19-6-1)45-31-36-52(37-32-45)62(53-38-33-46(34-39-53)57-29-15-16-41-61-57)54-27-17-20-47(42-54)48-35-40-56-59(43-48)63(51-25-11-4-12-26-51)58-30-14-13-28-55(58)60(56,49-21-7-2-8-22-49)50-23-9-3-10-24-50/h1-43H. The van der Waals surface area contributed by atoms with Gasteiger partial charge in [-0.1, -0.05) is 182 Å². The van der Waals surface area contributed by atoms with Gasteiger partial charge in [0.05, 0.1) is 22.5 Å². The summed E-state index contributed by atoms with van der Waals surface area (Å²) in [7, 11) is 0. The van der Waals surface area contributed by atoms with Crippen LogP contribution in [-0.2, 0) is 5.41 Å². The molecule has 3 heteroatoms. The van der Waals surface area contributed by atoms with Gasteiger partial charge < -0.3 is 9.80 Å². The Labute approximate surface area is 369 Å². The van der Waals surface area contributed by atoms with Gasteiger partial charge in [0.15, 0.2) is 0 Å². The van der Waals surface area contributed by atoms with Crippen molar-refractivity contribution in [2.75, 3.05) is 9.80 Å². The van der Waals surface area contributed by atoms with Gasteiger partial charge >= 0.3 is 0 Å². The van der Waals surface area contributed by atoms with Crippen molar-refractivity contribution in [2.45, 2.75) is 5.41 Å². The highest BCUT2D eigenvalue weighted by atomic mass is 15.2. The lowest BCUT2D eigenvalue weighted by molar-refractivity contribution is 0.731. The first-order valence-corrected chi connectivity index (χ1v) is 21.5. The molecule has 0 saturated heterocycles. The third kappa shape index (κ3) is 6.77. The zero-order chi connectivity index (χ0) is 42.0. The van der Waals surface area contributed by atoms with Gasteiger partial charge in [0.2, 0.25) is 0 Å². The van der Waals surface area contributed by atoms with Crippen molar-refractivity contribution < 1.29 is 0 Å². The molecular weight excluding hydrogens is 763 g/mol. The van der Waals surface area contributed by atoms with Gasteiger partial charge in [0, 0.05) is 34.5 Å². The number of aromatic nitrogens is 1. The number of fused-ring (bicyclic) bond motifs is 2. The van der Waals surface area contributed by atoms with Crippen molar-refractivity contribution >= 4 is 34.1 Å². The van der Waals surface area contributed by atoms with E-state index in [1.807, 2.05) is 18.3 Å². The van der Waals surface area contributed by atoms with Crippen molar-refractivity contribution in [3.63, 3.8) is 0 Å². The number of rotatable bonds is 9. The van der Waals surface area contributed by atoms with Crippen molar-refractivity contribution in [2.24, 2.45) is 0 Å². The summed E-state index contributed by atoms with van der Waals surface area (Å²) in [5.74, 6) is 0. The smallest absolute Gasteiger partial charge is 0.0742 e. The van der Waals surface area contributed by atoms with E-state index in [9.17, 15) is 0 Å². The fraction of sp³-hybridized carbons (Fsp3) is 0.0167. The molecule has 0 amide bonds. The normalized spacial score (nSPS) is 12.5. The van der Waals surface area contributed by atoms with Gasteiger partial charge in [-0.2, -0.15) is 0 Å².